The van der Waals surface area contributed by atoms with Crippen molar-refractivity contribution >= 4 is 0 Å². The van der Waals surface area contributed by atoms with Crippen LogP contribution in [0.4, 0.5) is 0 Å². The molecule has 2 aromatic rings. The van der Waals surface area contributed by atoms with Gasteiger partial charge >= 0.3 is 0 Å². The molecule has 1 atom stereocenters. The summed E-state index contributed by atoms with van der Waals surface area (Å²) in [5, 5.41) is 10.2. The SMILES string of the molecule is CCc1ccc(OCC(O)c2cc(C)cc(C)c2)cc1. The van der Waals surface area contributed by atoms with Crippen LogP contribution < -0.4 is 4.74 Å². The standard InChI is InChI=1S/C18H22O2/c1-4-15-5-7-17(8-6-15)20-12-18(19)16-10-13(2)9-14(3)11-16/h5-11,18-19H,4,12H2,1-3H3. The third-order valence-electron chi connectivity index (χ3n) is 3.37. The van der Waals surface area contributed by atoms with E-state index in [-0.39, 0.29) is 6.61 Å². The monoisotopic (exact) mass is 270 g/mol. The maximum atomic E-state index is 10.2. The molecule has 2 heteroatoms. The van der Waals surface area contributed by atoms with E-state index in [4.69, 9.17) is 4.74 Å². The molecular formula is C18H22O2. The van der Waals surface area contributed by atoms with Crippen molar-refractivity contribution in [3.05, 3.63) is 64.7 Å². The lowest BCUT2D eigenvalue weighted by molar-refractivity contribution is 0.108. The number of hydrogen-bond acceptors (Lipinski definition) is 2. The van der Waals surface area contributed by atoms with E-state index in [2.05, 4.69) is 25.1 Å². The first-order valence-corrected chi connectivity index (χ1v) is 7.06. The number of aliphatic hydroxyl groups excluding tert-OH is 1. The summed E-state index contributed by atoms with van der Waals surface area (Å²) in [5.41, 5.74) is 4.51. The van der Waals surface area contributed by atoms with Crippen LogP contribution in [0.2, 0.25) is 0 Å². The second-order valence-electron chi connectivity index (χ2n) is 5.25. The Balaban J connectivity index is 1.98. The molecule has 0 heterocycles. The average Bonchev–Trinajstić information content (AvgIpc) is 2.44. The second-order valence-corrected chi connectivity index (χ2v) is 5.25. The first kappa shape index (κ1) is 14.6. The molecule has 0 spiro atoms. The van der Waals surface area contributed by atoms with Crippen molar-refractivity contribution < 1.29 is 9.84 Å². The molecule has 20 heavy (non-hydrogen) atoms. The molecule has 1 N–H and O–H groups in total. The Bertz CT molecular complexity index is 538. The zero-order valence-electron chi connectivity index (χ0n) is 12.4. The first-order chi connectivity index (χ1) is 9.58. The van der Waals surface area contributed by atoms with Crippen molar-refractivity contribution in [2.45, 2.75) is 33.3 Å². The van der Waals surface area contributed by atoms with Crippen LogP contribution in [0.1, 0.15) is 35.3 Å². The Morgan fingerprint density at radius 3 is 2.15 bits per heavy atom. The Kier molecular flexibility index (Phi) is 4.80. The van der Waals surface area contributed by atoms with Crippen molar-refractivity contribution in [1.29, 1.82) is 0 Å². The number of ether oxygens (including phenoxy) is 1. The molecule has 2 aromatic carbocycles. The summed E-state index contributed by atoms with van der Waals surface area (Å²) in [4.78, 5) is 0. The molecular weight excluding hydrogens is 248 g/mol. The van der Waals surface area contributed by atoms with Gasteiger partial charge in [0.05, 0.1) is 0 Å². The third-order valence-corrected chi connectivity index (χ3v) is 3.37. The van der Waals surface area contributed by atoms with Gasteiger partial charge in [0.1, 0.15) is 18.5 Å². The Morgan fingerprint density at radius 1 is 1.00 bits per heavy atom. The minimum atomic E-state index is -0.598. The molecule has 0 aliphatic carbocycles. The topological polar surface area (TPSA) is 29.5 Å². The summed E-state index contributed by atoms with van der Waals surface area (Å²) in [5.74, 6) is 0.797. The lowest BCUT2D eigenvalue weighted by atomic mass is 10.0. The quantitative estimate of drug-likeness (QED) is 0.890. The van der Waals surface area contributed by atoms with Crippen LogP contribution in [0.15, 0.2) is 42.5 Å². The van der Waals surface area contributed by atoms with E-state index >= 15 is 0 Å². The van der Waals surface area contributed by atoms with E-state index in [9.17, 15) is 5.11 Å². The van der Waals surface area contributed by atoms with E-state index in [0.29, 0.717) is 0 Å². The molecule has 0 radical (unpaired) electrons. The zero-order valence-corrected chi connectivity index (χ0v) is 12.4. The molecule has 106 valence electrons. The molecule has 1 unspecified atom stereocenters. The lowest BCUT2D eigenvalue weighted by Gasteiger charge is -2.14. The molecule has 0 aliphatic heterocycles. The van der Waals surface area contributed by atoms with E-state index in [1.165, 1.54) is 5.56 Å². The number of benzene rings is 2. The van der Waals surface area contributed by atoms with Gasteiger partial charge in [-0.15, -0.1) is 0 Å². The fraction of sp³-hybridized carbons (Fsp3) is 0.333. The molecule has 0 fully saturated rings. The molecule has 0 saturated heterocycles. The first-order valence-electron chi connectivity index (χ1n) is 7.06. The molecule has 0 amide bonds. The summed E-state index contributed by atoms with van der Waals surface area (Å²) >= 11 is 0. The molecule has 0 saturated carbocycles. The summed E-state index contributed by atoms with van der Waals surface area (Å²) < 4.78 is 5.65. The van der Waals surface area contributed by atoms with Crippen LogP contribution >= 0.6 is 0 Å². The Labute approximate surface area is 121 Å². The van der Waals surface area contributed by atoms with E-state index in [1.807, 2.05) is 38.1 Å². The predicted octanol–water partition coefficient (Wildman–Crippen LogP) is 3.98. The van der Waals surface area contributed by atoms with E-state index < -0.39 is 6.10 Å². The third kappa shape index (κ3) is 3.84. The van der Waals surface area contributed by atoms with Gasteiger partial charge < -0.3 is 9.84 Å². The van der Waals surface area contributed by atoms with Crippen molar-refractivity contribution in [2.75, 3.05) is 6.61 Å². The second kappa shape index (κ2) is 6.58. The minimum absolute atomic E-state index is 0.272. The molecule has 2 nitrogen and oxygen atoms in total. The highest BCUT2D eigenvalue weighted by molar-refractivity contribution is 5.30. The number of aryl methyl sites for hydroxylation is 3. The van der Waals surface area contributed by atoms with Crippen LogP contribution in [0, 0.1) is 13.8 Å². The van der Waals surface area contributed by atoms with Gasteiger partial charge in [0.15, 0.2) is 0 Å². The molecule has 0 bridgehead atoms. The van der Waals surface area contributed by atoms with Gasteiger partial charge in [-0.2, -0.15) is 0 Å². The maximum Gasteiger partial charge on any atom is 0.119 e. The van der Waals surface area contributed by atoms with Gasteiger partial charge in [0.25, 0.3) is 0 Å². The fourth-order valence-electron chi connectivity index (χ4n) is 2.30. The van der Waals surface area contributed by atoms with Crippen LogP contribution in [0.5, 0.6) is 5.75 Å². The number of aliphatic hydroxyl groups is 1. The fourth-order valence-corrected chi connectivity index (χ4v) is 2.30. The number of hydrogen-bond donors (Lipinski definition) is 1. The predicted molar refractivity (Wildman–Crippen MR) is 82.2 cm³/mol. The Hall–Kier alpha value is -1.80. The highest BCUT2D eigenvalue weighted by atomic mass is 16.5. The molecule has 2 rings (SSSR count). The van der Waals surface area contributed by atoms with Gasteiger partial charge in [-0.25, -0.2) is 0 Å². The maximum absolute atomic E-state index is 10.2. The van der Waals surface area contributed by atoms with Gasteiger partial charge in [0.2, 0.25) is 0 Å². The van der Waals surface area contributed by atoms with Gasteiger partial charge in [-0.05, 0) is 43.5 Å². The van der Waals surface area contributed by atoms with Crippen molar-refractivity contribution in [3.63, 3.8) is 0 Å². The van der Waals surface area contributed by atoms with Crippen molar-refractivity contribution in [3.8, 4) is 5.75 Å². The molecule has 0 aromatic heterocycles. The van der Waals surface area contributed by atoms with E-state index in [0.717, 1.165) is 28.9 Å². The summed E-state index contributed by atoms with van der Waals surface area (Å²) in [6.07, 6.45) is 0.422. The normalized spacial score (nSPS) is 12.2. The summed E-state index contributed by atoms with van der Waals surface area (Å²) in [7, 11) is 0. The van der Waals surface area contributed by atoms with Gasteiger partial charge in [-0.3, -0.25) is 0 Å². The van der Waals surface area contributed by atoms with Crippen LogP contribution in [0.25, 0.3) is 0 Å². The molecule has 0 aliphatic rings. The minimum Gasteiger partial charge on any atom is -0.491 e. The summed E-state index contributed by atoms with van der Waals surface area (Å²) in [6.45, 7) is 6.47. The van der Waals surface area contributed by atoms with Gasteiger partial charge in [-0.1, -0.05) is 48.4 Å². The van der Waals surface area contributed by atoms with Gasteiger partial charge in [0, 0.05) is 0 Å². The van der Waals surface area contributed by atoms with Crippen LogP contribution in [-0.4, -0.2) is 11.7 Å². The summed E-state index contributed by atoms with van der Waals surface area (Å²) in [6, 6.07) is 14.1. The zero-order chi connectivity index (χ0) is 14.5. The van der Waals surface area contributed by atoms with E-state index in [1.54, 1.807) is 0 Å². The lowest BCUT2D eigenvalue weighted by Crippen LogP contribution is -2.10. The van der Waals surface area contributed by atoms with Crippen LogP contribution in [0.3, 0.4) is 0 Å². The largest absolute Gasteiger partial charge is 0.491 e. The van der Waals surface area contributed by atoms with Crippen LogP contribution in [-0.2, 0) is 6.42 Å². The average molecular weight is 270 g/mol. The highest BCUT2D eigenvalue weighted by Crippen LogP contribution is 2.19. The smallest absolute Gasteiger partial charge is 0.119 e. The van der Waals surface area contributed by atoms with Crippen molar-refractivity contribution in [2.24, 2.45) is 0 Å². The highest BCUT2D eigenvalue weighted by Gasteiger charge is 2.09. The number of rotatable bonds is 5. The van der Waals surface area contributed by atoms with Crippen molar-refractivity contribution in [1.82, 2.24) is 0 Å². The Morgan fingerprint density at radius 2 is 1.60 bits per heavy atom.